The van der Waals surface area contributed by atoms with E-state index in [1.807, 2.05) is 0 Å². The van der Waals surface area contributed by atoms with Gasteiger partial charge in [0.05, 0.1) is 0 Å². The predicted octanol–water partition coefficient (Wildman–Crippen LogP) is 0.723. The third-order valence-corrected chi connectivity index (χ3v) is 3.19. The Kier molecular flexibility index (Phi) is 4.52. The molecule has 5 heteroatoms. The second-order valence-electron chi connectivity index (χ2n) is 4.72. The number of rotatable bonds is 4. The van der Waals surface area contributed by atoms with Crippen LogP contribution in [-0.2, 0) is 0 Å². The zero-order valence-corrected chi connectivity index (χ0v) is 11.1. The summed E-state index contributed by atoms with van der Waals surface area (Å²) >= 11 is 0. The lowest BCUT2D eigenvalue weighted by molar-refractivity contribution is 0.0952. The van der Waals surface area contributed by atoms with Gasteiger partial charge in [0.1, 0.15) is 5.56 Å². The van der Waals surface area contributed by atoms with E-state index in [0.717, 1.165) is 31.6 Å². The van der Waals surface area contributed by atoms with Crippen molar-refractivity contribution >= 4 is 5.91 Å². The lowest BCUT2D eigenvalue weighted by atomic mass is 10.1. The van der Waals surface area contributed by atoms with Crippen molar-refractivity contribution in [3.63, 3.8) is 0 Å². The molecule has 3 N–H and O–H groups in total. The number of hydrogen-bond donors (Lipinski definition) is 3. The minimum Gasteiger partial charge on any atom is -0.364 e. The molecular formula is C14H19N3O2. The molecule has 1 amide bonds. The molecule has 1 aromatic heterocycles. The molecular weight excluding hydrogens is 242 g/mol. The van der Waals surface area contributed by atoms with Crippen LogP contribution in [0.25, 0.3) is 0 Å². The second kappa shape index (κ2) is 6.33. The molecule has 1 aliphatic rings. The van der Waals surface area contributed by atoms with Gasteiger partial charge in [-0.1, -0.05) is 11.6 Å². The van der Waals surface area contributed by atoms with Crippen LogP contribution >= 0.6 is 0 Å². The highest BCUT2D eigenvalue weighted by atomic mass is 16.2. The summed E-state index contributed by atoms with van der Waals surface area (Å²) in [6.45, 7) is 4.25. The van der Waals surface area contributed by atoms with E-state index in [1.165, 1.54) is 17.8 Å². The molecule has 1 aliphatic heterocycles. The average Bonchev–Trinajstić information content (AvgIpc) is 2.39. The van der Waals surface area contributed by atoms with Gasteiger partial charge in [-0.2, -0.15) is 0 Å². The average molecular weight is 261 g/mol. The first-order chi connectivity index (χ1) is 9.16. The monoisotopic (exact) mass is 261 g/mol. The van der Waals surface area contributed by atoms with Gasteiger partial charge in [0.25, 0.3) is 5.91 Å². The van der Waals surface area contributed by atoms with Crippen LogP contribution in [0.3, 0.4) is 0 Å². The van der Waals surface area contributed by atoms with E-state index >= 15 is 0 Å². The first-order valence-corrected chi connectivity index (χ1v) is 6.53. The summed E-state index contributed by atoms with van der Waals surface area (Å²) in [5, 5.41) is 6.03. The number of carbonyl (C=O) groups is 1. The third-order valence-electron chi connectivity index (χ3n) is 3.19. The van der Waals surface area contributed by atoms with E-state index in [4.69, 9.17) is 0 Å². The van der Waals surface area contributed by atoms with Crippen LogP contribution in [0.15, 0.2) is 28.7 Å². The largest absolute Gasteiger partial charge is 0.364 e. The molecule has 0 radical (unpaired) electrons. The van der Waals surface area contributed by atoms with Crippen LogP contribution in [-0.4, -0.2) is 30.5 Å². The maximum Gasteiger partial charge on any atom is 0.256 e. The maximum atomic E-state index is 11.9. The standard InChI is InChI=1S/C14H19N3O2/c1-10-8-13(18)12(9-17-10)14(19)16-7-4-11-2-5-15-6-3-11/h2,8-9,15H,3-7H2,1H3,(H,16,19)(H,17,18). The van der Waals surface area contributed by atoms with Crippen LogP contribution < -0.4 is 16.1 Å². The van der Waals surface area contributed by atoms with Crippen LogP contribution in [0, 0.1) is 6.92 Å². The predicted molar refractivity (Wildman–Crippen MR) is 74.3 cm³/mol. The molecule has 0 saturated carbocycles. The number of aromatic amines is 1. The fourth-order valence-electron chi connectivity index (χ4n) is 2.08. The molecule has 2 heterocycles. The summed E-state index contributed by atoms with van der Waals surface area (Å²) in [4.78, 5) is 26.4. The van der Waals surface area contributed by atoms with Crippen LogP contribution in [0.4, 0.5) is 0 Å². The van der Waals surface area contributed by atoms with Gasteiger partial charge in [0, 0.05) is 31.0 Å². The molecule has 0 spiro atoms. The first kappa shape index (κ1) is 13.5. The molecule has 19 heavy (non-hydrogen) atoms. The summed E-state index contributed by atoms with van der Waals surface area (Å²) < 4.78 is 0. The molecule has 0 fully saturated rings. The summed E-state index contributed by atoms with van der Waals surface area (Å²) in [5.41, 5.74) is 2.04. The third kappa shape index (κ3) is 3.79. The molecule has 1 aromatic rings. The van der Waals surface area contributed by atoms with Gasteiger partial charge in [0.2, 0.25) is 0 Å². The molecule has 0 bridgehead atoms. The second-order valence-corrected chi connectivity index (χ2v) is 4.72. The maximum absolute atomic E-state index is 11.9. The molecule has 0 aromatic carbocycles. The van der Waals surface area contributed by atoms with E-state index in [1.54, 1.807) is 6.92 Å². The van der Waals surface area contributed by atoms with Crippen molar-refractivity contribution in [2.24, 2.45) is 0 Å². The van der Waals surface area contributed by atoms with E-state index in [2.05, 4.69) is 21.7 Å². The highest BCUT2D eigenvalue weighted by Gasteiger charge is 2.10. The first-order valence-electron chi connectivity index (χ1n) is 6.53. The van der Waals surface area contributed by atoms with Gasteiger partial charge < -0.3 is 15.6 Å². The molecule has 102 valence electrons. The van der Waals surface area contributed by atoms with Gasteiger partial charge in [-0.15, -0.1) is 0 Å². The minimum absolute atomic E-state index is 0.171. The lowest BCUT2D eigenvalue weighted by Gasteiger charge is -2.14. The Morgan fingerprint density at radius 2 is 2.32 bits per heavy atom. The number of amides is 1. The molecule has 0 aliphatic carbocycles. The molecule has 2 rings (SSSR count). The van der Waals surface area contributed by atoms with Gasteiger partial charge in [-0.25, -0.2) is 0 Å². The Morgan fingerprint density at radius 1 is 1.47 bits per heavy atom. The van der Waals surface area contributed by atoms with Crippen LogP contribution in [0.1, 0.15) is 28.9 Å². The van der Waals surface area contributed by atoms with Crippen molar-refractivity contribution in [3.8, 4) is 0 Å². The molecule has 0 saturated heterocycles. The van der Waals surface area contributed by atoms with E-state index < -0.39 is 0 Å². The number of pyridine rings is 1. The molecule has 5 nitrogen and oxygen atoms in total. The van der Waals surface area contributed by atoms with Gasteiger partial charge in [0.15, 0.2) is 5.43 Å². The van der Waals surface area contributed by atoms with Crippen LogP contribution in [0.5, 0.6) is 0 Å². The van der Waals surface area contributed by atoms with Crippen molar-refractivity contribution < 1.29 is 4.79 Å². The quantitative estimate of drug-likeness (QED) is 0.699. The lowest BCUT2D eigenvalue weighted by Crippen LogP contribution is -2.30. The summed E-state index contributed by atoms with van der Waals surface area (Å²) in [7, 11) is 0. The van der Waals surface area contributed by atoms with Gasteiger partial charge in [-0.05, 0) is 26.3 Å². The Bertz CT molecular complexity index is 546. The van der Waals surface area contributed by atoms with E-state index in [-0.39, 0.29) is 16.9 Å². The highest BCUT2D eigenvalue weighted by Crippen LogP contribution is 2.07. The Labute approximate surface area is 112 Å². The number of carbonyl (C=O) groups excluding carboxylic acids is 1. The highest BCUT2D eigenvalue weighted by molar-refractivity contribution is 5.93. The minimum atomic E-state index is -0.309. The zero-order valence-electron chi connectivity index (χ0n) is 11.1. The number of hydrogen-bond acceptors (Lipinski definition) is 3. The fourth-order valence-corrected chi connectivity index (χ4v) is 2.08. The number of aromatic nitrogens is 1. The number of aryl methyl sites for hydroxylation is 1. The Balaban J connectivity index is 1.87. The Morgan fingerprint density at radius 3 is 3.00 bits per heavy atom. The summed E-state index contributed by atoms with van der Waals surface area (Å²) in [6, 6.07) is 1.43. The van der Waals surface area contributed by atoms with Gasteiger partial charge in [-0.3, -0.25) is 9.59 Å². The Hall–Kier alpha value is -1.88. The summed E-state index contributed by atoms with van der Waals surface area (Å²) in [5.74, 6) is -0.309. The van der Waals surface area contributed by atoms with Crippen molar-refractivity contribution in [2.45, 2.75) is 19.8 Å². The SMILES string of the molecule is Cc1cc(=O)c(C(=O)NCCC2=CCNCC2)c[nH]1. The smallest absolute Gasteiger partial charge is 0.256 e. The van der Waals surface area contributed by atoms with Crippen LogP contribution in [0.2, 0.25) is 0 Å². The number of H-pyrrole nitrogens is 1. The molecule has 0 unspecified atom stereocenters. The van der Waals surface area contributed by atoms with Crippen molar-refractivity contribution in [3.05, 3.63) is 45.4 Å². The molecule has 0 atom stereocenters. The van der Waals surface area contributed by atoms with Crippen molar-refractivity contribution in [1.29, 1.82) is 0 Å². The zero-order chi connectivity index (χ0) is 13.7. The fraction of sp³-hybridized carbons (Fsp3) is 0.429. The number of nitrogens with one attached hydrogen (secondary N) is 3. The topological polar surface area (TPSA) is 74.0 Å². The normalized spacial score (nSPS) is 14.9. The van der Waals surface area contributed by atoms with Crippen molar-refractivity contribution in [2.75, 3.05) is 19.6 Å². The van der Waals surface area contributed by atoms with E-state index in [9.17, 15) is 9.59 Å². The van der Waals surface area contributed by atoms with Crippen molar-refractivity contribution in [1.82, 2.24) is 15.6 Å². The van der Waals surface area contributed by atoms with E-state index in [0.29, 0.717) is 6.54 Å². The van der Waals surface area contributed by atoms with Gasteiger partial charge >= 0.3 is 0 Å². The summed E-state index contributed by atoms with van der Waals surface area (Å²) in [6.07, 6.45) is 5.50.